The number of ether oxygens (including phenoxy) is 1. The third-order valence-corrected chi connectivity index (χ3v) is 6.92. The van der Waals surface area contributed by atoms with Crippen molar-refractivity contribution in [2.75, 3.05) is 31.1 Å². The van der Waals surface area contributed by atoms with Crippen LogP contribution >= 0.6 is 0 Å². The molecule has 3 heterocycles. The number of alkyl halides is 2. The van der Waals surface area contributed by atoms with Crippen LogP contribution in [0.4, 0.5) is 19.3 Å². The van der Waals surface area contributed by atoms with Gasteiger partial charge in [-0.1, -0.05) is 6.92 Å². The Morgan fingerprint density at radius 2 is 1.81 bits per heavy atom. The number of pyridine rings is 1. The number of aromatic nitrogens is 1. The number of likely N-dealkylation sites (tertiary alicyclic amines) is 1. The average molecular weight is 518 g/mol. The Morgan fingerprint density at radius 1 is 1.08 bits per heavy atom. The highest BCUT2D eigenvalue weighted by Gasteiger charge is 2.36. The second kappa shape index (κ2) is 10.8. The van der Waals surface area contributed by atoms with E-state index >= 15 is 0 Å². The second-order valence-electron chi connectivity index (χ2n) is 11.3. The van der Waals surface area contributed by atoms with Crippen molar-refractivity contribution in [2.24, 2.45) is 5.92 Å². The van der Waals surface area contributed by atoms with Gasteiger partial charge in [0.2, 0.25) is 5.91 Å². The van der Waals surface area contributed by atoms with E-state index in [2.05, 4.69) is 27.4 Å². The number of hydrogen-bond donors (Lipinski definition) is 2. The van der Waals surface area contributed by atoms with Crippen molar-refractivity contribution in [3.8, 4) is 0 Å². The number of anilines is 1. The summed E-state index contributed by atoms with van der Waals surface area (Å²) in [4.78, 5) is 33.4. The first kappa shape index (κ1) is 27.0. The molecule has 4 rings (SSSR count). The summed E-state index contributed by atoms with van der Waals surface area (Å²) in [6.07, 6.45) is -0.677. The van der Waals surface area contributed by atoms with E-state index < -0.39 is 18.1 Å². The van der Waals surface area contributed by atoms with E-state index in [0.717, 1.165) is 18.7 Å². The van der Waals surface area contributed by atoms with Crippen molar-refractivity contribution in [1.82, 2.24) is 20.5 Å². The van der Waals surface area contributed by atoms with E-state index in [0.29, 0.717) is 36.5 Å². The summed E-state index contributed by atoms with van der Waals surface area (Å²) in [5.74, 6) is 0.247. The number of benzene rings is 1. The van der Waals surface area contributed by atoms with E-state index in [1.165, 1.54) is 12.3 Å². The summed E-state index contributed by atoms with van der Waals surface area (Å²) in [5, 5.41) is 6.72. The molecular formula is C27H37F2N5O3. The maximum absolute atomic E-state index is 13.5. The number of piperidine rings is 1. The summed E-state index contributed by atoms with van der Waals surface area (Å²) in [6, 6.07) is 6.32. The molecule has 2 aliphatic heterocycles. The SMILES string of the molecule is CC(C(=O)N[C@@H]1C[C@H](C)CN(c2ccc(C(F)F)c3ncccc23)C1)N1CC(NC(=O)OC(C)(C)C)C1. The zero-order valence-corrected chi connectivity index (χ0v) is 22.1. The van der Waals surface area contributed by atoms with Gasteiger partial charge in [0.15, 0.2) is 0 Å². The first-order valence-corrected chi connectivity index (χ1v) is 12.9. The van der Waals surface area contributed by atoms with E-state index in [1.807, 2.05) is 38.7 Å². The minimum atomic E-state index is -2.60. The lowest BCUT2D eigenvalue weighted by molar-refractivity contribution is -0.128. The number of fused-ring (bicyclic) bond motifs is 1. The van der Waals surface area contributed by atoms with Crippen LogP contribution in [0.2, 0.25) is 0 Å². The van der Waals surface area contributed by atoms with Crippen molar-refractivity contribution < 1.29 is 23.1 Å². The van der Waals surface area contributed by atoms with E-state index in [-0.39, 0.29) is 29.6 Å². The van der Waals surface area contributed by atoms with Crippen LogP contribution in [0.1, 0.15) is 53.0 Å². The van der Waals surface area contributed by atoms with Gasteiger partial charge >= 0.3 is 6.09 Å². The predicted molar refractivity (Wildman–Crippen MR) is 139 cm³/mol. The molecule has 8 nitrogen and oxygen atoms in total. The number of carbonyl (C=O) groups is 2. The monoisotopic (exact) mass is 517 g/mol. The fourth-order valence-electron chi connectivity index (χ4n) is 5.17. The van der Waals surface area contributed by atoms with Gasteiger partial charge in [0.1, 0.15) is 5.60 Å². The van der Waals surface area contributed by atoms with Crippen molar-refractivity contribution in [1.29, 1.82) is 0 Å². The minimum Gasteiger partial charge on any atom is -0.444 e. The largest absolute Gasteiger partial charge is 0.444 e. The van der Waals surface area contributed by atoms with Gasteiger partial charge in [0.05, 0.1) is 17.6 Å². The highest BCUT2D eigenvalue weighted by Crippen LogP contribution is 2.34. The lowest BCUT2D eigenvalue weighted by Gasteiger charge is -2.43. The van der Waals surface area contributed by atoms with Crippen LogP contribution < -0.4 is 15.5 Å². The Bertz CT molecular complexity index is 1130. The van der Waals surface area contributed by atoms with Gasteiger partial charge in [-0.05, 0) is 64.3 Å². The Hall–Kier alpha value is -3.01. The second-order valence-corrected chi connectivity index (χ2v) is 11.3. The number of nitrogens with zero attached hydrogens (tertiary/aromatic N) is 3. The van der Waals surface area contributed by atoms with Crippen molar-refractivity contribution in [2.45, 2.75) is 71.2 Å². The van der Waals surface area contributed by atoms with Gasteiger partial charge in [0.25, 0.3) is 6.43 Å². The quantitative estimate of drug-likeness (QED) is 0.600. The topological polar surface area (TPSA) is 86.8 Å². The van der Waals surface area contributed by atoms with Crippen molar-refractivity contribution >= 4 is 28.6 Å². The van der Waals surface area contributed by atoms with Crippen molar-refractivity contribution in [3.05, 3.63) is 36.0 Å². The molecule has 2 saturated heterocycles. The fraction of sp³-hybridized carbons (Fsp3) is 0.593. The van der Waals surface area contributed by atoms with Crippen LogP contribution in [-0.4, -0.2) is 71.8 Å². The van der Waals surface area contributed by atoms with Crippen LogP contribution in [0.3, 0.4) is 0 Å². The van der Waals surface area contributed by atoms with Gasteiger partial charge < -0.3 is 20.3 Å². The minimum absolute atomic E-state index is 0.0478. The van der Waals surface area contributed by atoms with Gasteiger partial charge in [0, 0.05) is 55.1 Å². The molecule has 0 saturated carbocycles. The van der Waals surface area contributed by atoms with Crippen LogP contribution in [0.5, 0.6) is 0 Å². The Kier molecular flexibility index (Phi) is 7.87. The maximum atomic E-state index is 13.5. The Labute approximate surface area is 216 Å². The molecule has 3 atom stereocenters. The zero-order valence-electron chi connectivity index (χ0n) is 22.1. The number of carbonyl (C=O) groups excluding carboxylic acids is 2. The molecule has 2 N–H and O–H groups in total. The smallest absolute Gasteiger partial charge is 0.407 e. The number of alkyl carbamates (subject to hydrolysis) is 1. The molecule has 2 aromatic rings. The van der Waals surface area contributed by atoms with Gasteiger partial charge in [-0.25, -0.2) is 13.6 Å². The lowest BCUT2D eigenvalue weighted by Crippen LogP contribution is -2.65. The highest BCUT2D eigenvalue weighted by atomic mass is 19.3. The van der Waals surface area contributed by atoms with Gasteiger partial charge in [-0.15, -0.1) is 0 Å². The Morgan fingerprint density at radius 3 is 2.49 bits per heavy atom. The third-order valence-electron chi connectivity index (χ3n) is 6.92. The molecule has 2 fully saturated rings. The molecule has 0 spiro atoms. The maximum Gasteiger partial charge on any atom is 0.407 e. The molecule has 1 aromatic heterocycles. The normalized spacial score (nSPS) is 22.0. The summed E-state index contributed by atoms with van der Waals surface area (Å²) >= 11 is 0. The first-order chi connectivity index (χ1) is 17.4. The van der Waals surface area contributed by atoms with Crippen LogP contribution in [0.15, 0.2) is 30.5 Å². The van der Waals surface area contributed by atoms with E-state index in [4.69, 9.17) is 4.74 Å². The standard InChI is InChI=1S/C27H37F2N5O3/c1-16-11-18(31-25(35)17(2)33-14-19(15-33)32-26(36)37-27(3,4)5)13-34(12-16)22-9-8-21(24(28)29)23-20(22)7-6-10-30-23/h6-10,16-19,24H,11-15H2,1-5H3,(H,31,35)(H,32,36)/t16-,17?,18+/m0/s1. The van der Waals surface area contributed by atoms with Crippen LogP contribution in [-0.2, 0) is 9.53 Å². The number of rotatable bonds is 6. The fourth-order valence-corrected chi connectivity index (χ4v) is 5.17. The molecule has 10 heteroatoms. The van der Waals surface area contributed by atoms with Crippen LogP contribution in [0.25, 0.3) is 10.9 Å². The molecule has 202 valence electrons. The molecule has 0 radical (unpaired) electrons. The molecule has 1 aromatic carbocycles. The number of nitrogens with one attached hydrogen (secondary N) is 2. The number of hydrogen-bond acceptors (Lipinski definition) is 6. The summed E-state index contributed by atoms with van der Waals surface area (Å²) in [5.41, 5.74) is 0.538. The summed E-state index contributed by atoms with van der Waals surface area (Å²) < 4.78 is 32.4. The van der Waals surface area contributed by atoms with E-state index in [1.54, 1.807) is 12.1 Å². The number of amides is 2. The van der Waals surface area contributed by atoms with E-state index in [9.17, 15) is 18.4 Å². The predicted octanol–water partition coefficient (Wildman–Crippen LogP) is 4.10. The zero-order chi connectivity index (χ0) is 26.9. The first-order valence-electron chi connectivity index (χ1n) is 12.9. The molecule has 37 heavy (non-hydrogen) atoms. The van der Waals surface area contributed by atoms with Crippen LogP contribution in [0, 0.1) is 5.92 Å². The molecule has 0 bridgehead atoms. The Balaban J connectivity index is 1.36. The summed E-state index contributed by atoms with van der Waals surface area (Å²) in [6.45, 7) is 12.0. The lowest BCUT2D eigenvalue weighted by atomic mass is 9.94. The average Bonchev–Trinajstić information content (AvgIpc) is 2.78. The molecule has 2 aliphatic rings. The third kappa shape index (κ3) is 6.47. The molecule has 0 aliphatic carbocycles. The van der Waals surface area contributed by atoms with Gasteiger partial charge in [-0.2, -0.15) is 0 Å². The molecule has 2 amide bonds. The summed E-state index contributed by atoms with van der Waals surface area (Å²) in [7, 11) is 0. The highest BCUT2D eigenvalue weighted by molar-refractivity contribution is 5.94. The number of halogens is 2. The van der Waals surface area contributed by atoms with Gasteiger partial charge in [-0.3, -0.25) is 14.7 Å². The molecular weight excluding hydrogens is 480 g/mol. The molecule has 1 unspecified atom stereocenters. The van der Waals surface area contributed by atoms with Crippen molar-refractivity contribution in [3.63, 3.8) is 0 Å².